The van der Waals surface area contributed by atoms with Crippen molar-refractivity contribution in [3.63, 3.8) is 0 Å². The van der Waals surface area contributed by atoms with Crippen molar-refractivity contribution in [2.75, 3.05) is 13.1 Å². The summed E-state index contributed by atoms with van der Waals surface area (Å²) >= 11 is 0. The molecule has 2 N–H and O–H groups in total. The first-order valence-corrected chi connectivity index (χ1v) is 7.10. The summed E-state index contributed by atoms with van der Waals surface area (Å²) in [6.07, 6.45) is 5.83. The van der Waals surface area contributed by atoms with Crippen LogP contribution >= 0.6 is 0 Å². The van der Waals surface area contributed by atoms with E-state index in [1.54, 1.807) is 30.5 Å². The number of piperidine rings is 1. The maximum Gasteiger partial charge on any atom is 0.335 e. The van der Waals surface area contributed by atoms with E-state index in [-0.39, 0.29) is 5.56 Å². The molecule has 1 saturated heterocycles. The third-order valence-electron chi connectivity index (χ3n) is 3.80. The zero-order valence-electron chi connectivity index (χ0n) is 11.6. The van der Waals surface area contributed by atoms with Crippen LogP contribution in [0.3, 0.4) is 0 Å². The molecular formula is C16H17N3O2. The van der Waals surface area contributed by atoms with Crippen LogP contribution < -0.4 is 5.32 Å². The lowest BCUT2D eigenvalue weighted by atomic mass is 9.96. The molecule has 1 aliphatic heterocycles. The Kier molecular flexibility index (Phi) is 3.92. The largest absolute Gasteiger partial charge is 0.478 e. The molecule has 1 atom stereocenters. The van der Waals surface area contributed by atoms with Crippen molar-refractivity contribution >= 4 is 5.97 Å². The number of hydrogen-bond acceptors (Lipinski definition) is 4. The number of aromatic nitrogens is 2. The van der Waals surface area contributed by atoms with E-state index in [1.165, 1.54) is 0 Å². The third-order valence-corrected chi connectivity index (χ3v) is 3.80. The normalized spacial score (nSPS) is 18.4. The minimum atomic E-state index is -0.922. The molecule has 2 aromatic rings. The lowest BCUT2D eigenvalue weighted by molar-refractivity contribution is 0.0697. The molecule has 0 saturated carbocycles. The Morgan fingerprint density at radius 2 is 2.05 bits per heavy atom. The Morgan fingerprint density at radius 3 is 2.71 bits per heavy atom. The maximum absolute atomic E-state index is 10.9. The Morgan fingerprint density at radius 1 is 1.24 bits per heavy atom. The van der Waals surface area contributed by atoms with Crippen molar-refractivity contribution in [2.45, 2.75) is 18.8 Å². The van der Waals surface area contributed by atoms with Crippen LogP contribution in [0.2, 0.25) is 0 Å². The lowest BCUT2D eigenvalue weighted by Gasteiger charge is -2.22. The second-order valence-corrected chi connectivity index (χ2v) is 5.25. The zero-order valence-corrected chi connectivity index (χ0v) is 11.6. The summed E-state index contributed by atoms with van der Waals surface area (Å²) in [7, 11) is 0. The number of hydrogen-bond donors (Lipinski definition) is 2. The number of nitrogens with zero attached hydrogens (tertiary/aromatic N) is 2. The van der Waals surface area contributed by atoms with Gasteiger partial charge in [0.05, 0.1) is 23.1 Å². The predicted molar refractivity (Wildman–Crippen MR) is 79.3 cm³/mol. The molecule has 1 aromatic carbocycles. The summed E-state index contributed by atoms with van der Waals surface area (Å²) < 4.78 is 0. The quantitative estimate of drug-likeness (QED) is 0.904. The van der Waals surface area contributed by atoms with Crippen molar-refractivity contribution in [3.05, 3.63) is 47.9 Å². The maximum atomic E-state index is 10.9. The molecule has 1 aliphatic rings. The molecule has 0 aliphatic carbocycles. The summed E-state index contributed by atoms with van der Waals surface area (Å²) in [5.41, 5.74) is 2.95. The first kappa shape index (κ1) is 13.7. The van der Waals surface area contributed by atoms with E-state index in [0.29, 0.717) is 5.92 Å². The average Bonchev–Trinajstić information content (AvgIpc) is 2.56. The minimum absolute atomic E-state index is 0.277. The van der Waals surface area contributed by atoms with Crippen LogP contribution in [0, 0.1) is 0 Å². The van der Waals surface area contributed by atoms with Gasteiger partial charge in [0.1, 0.15) is 0 Å². The molecule has 21 heavy (non-hydrogen) atoms. The van der Waals surface area contributed by atoms with Crippen LogP contribution in [0.15, 0.2) is 36.7 Å². The molecule has 3 rings (SSSR count). The molecule has 2 heterocycles. The first-order valence-electron chi connectivity index (χ1n) is 7.10. The van der Waals surface area contributed by atoms with Crippen LogP contribution in [0.4, 0.5) is 0 Å². The fraction of sp³-hybridized carbons (Fsp3) is 0.312. The average molecular weight is 283 g/mol. The molecule has 0 amide bonds. The van der Waals surface area contributed by atoms with Gasteiger partial charge in [-0.1, -0.05) is 12.1 Å². The smallest absolute Gasteiger partial charge is 0.335 e. The number of carboxylic acid groups (broad SMARTS) is 1. The minimum Gasteiger partial charge on any atom is -0.478 e. The van der Waals surface area contributed by atoms with E-state index in [9.17, 15) is 4.79 Å². The van der Waals surface area contributed by atoms with Crippen LogP contribution in [0.5, 0.6) is 0 Å². The summed E-state index contributed by atoms with van der Waals surface area (Å²) in [5.74, 6) is -0.515. The van der Waals surface area contributed by atoms with Gasteiger partial charge in [0.2, 0.25) is 0 Å². The van der Waals surface area contributed by atoms with Gasteiger partial charge in [-0.25, -0.2) is 9.78 Å². The highest BCUT2D eigenvalue weighted by atomic mass is 16.4. The molecule has 5 nitrogen and oxygen atoms in total. The van der Waals surface area contributed by atoms with Crippen molar-refractivity contribution in [2.24, 2.45) is 0 Å². The van der Waals surface area contributed by atoms with E-state index in [1.807, 2.05) is 6.20 Å². The molecule has 5 heteroatoms. The highest BCUT2D eigenvalue weighted by Crippen LogP contribution is 2.24. The fourth-order valence-corrected chi connectivity index (χ4v) is 2.60. The topological polar surface area (TPSA) is 75.1 Å². The number of carbonyl (C=O) groups is 1. The Bertz CT molecular complexity index is 634. The highest BCUT2D eigenvalue weighted by molar-refractivity contribution is 5.88. The zero-order chi connectivity index (χ0) is 14.7. The standard InChI is InChI=1S/C16H17N3O2/c20-16(21)12-5-3-11(4-6-12)14-9-18-10-15(19-14)13-2-1-7-17-8-13/h3-6,9-10,13,17H,1-2,7-8H2,(H,20,21)/t13-/m0/s1. The third kappa shape index (κ3) is 3.08. The number of aromatic carboxylic acids is 1. The van der Waals surface area contributed by atoms with Gasteiger partial charge < -0.3 is 10.4 Å². The number of benzene rings is 1. The van der Waals surface area contributed by atoms with Crippen LogP contribution in [0.1, 0.15) is 34.8 Å². The summed E-state index contributed by atoms with van der Waals surface area (Å²) in [4.78, 5) is 19.9. The number of carboxylic acids is 1. The molecule has 1 aromatic heterocycles. The molecular weight excluding hydrogens is 266 g/mol. The van der Waals surface area contributed by atoms with Crippen LogP contribution in [-0.4, -0.2) is 34.1 Å². The number of nitrogens with one attached hydrogen (secondary N) is 1. The highest BCUT2D eigenvalue weighted by Gasteiger charge is 2.17. The predicted octanol–water partition coefficient (Wildman–Crippen LogP) is 2.31. The summed E-state index contributed by atoms with van der Waals surface area (Å²) in [5, 5.41) is 12.3. The van der Waals surface area contributed by atoms with E-state index in [0.717, 1.165) is 42.9 Å². The van der Waals surface area contributed by atoms with E-state index >= 15 is 0 Å². The number of rotatable bonds is 3. The summed E-state index contributed by atoms with van der Waals surface area (Å²) in [6, 6.07) is 6.73. The van der Waals surface area contributed by atoms with Gasteiger partial charge in [-0.2, -0.15) is 0 Å². The summed E-state index contributed by atoms with van der Waals surface area (Å²) in [6.45, 7) is 2.01. The Labute approximate surface area is 123 Å². The van der Waals surface area contributed by atoms with Gasteiger partial charge in [-0.15, -0.1) is 0 Å². The second kappa shape index (κ2) is 6.01. The SMILES string of the molecule is O=C(O)c1ccc(-c2cncc([C@H]3CCCNC3)n2)cc1. The Hall–Kier alpha value is -2.27. The molecule has 0 spiro atoms. The van der Waals surface area contributed by atoms with Crippen molar-refractivity contribution in [1.82, 2.24) is 15.3 Å². The van der Waals surface area contributed by atoms with Crippen LogP contribution in [-0.2, 0) is 0 Å². The monoisotopic (exact) mass is 283 g/mol. The van der Waals surface area contributed by atoms with Crippen molar-refractivity contribution in [1.29, 1.82) is 0 Å². The van der Waals surface area contributed by atoms with Crippen molar-refractivity contribution < 1.29 is 9.90 Å². The molecule has 0 unspecified atom stereocenters. The van der Waals surface area contributed by atoms with Crippen molar-refractivity contribution in [3.8, 4) is 11.3 Å². The van der Waals surface area contributed by atoms with Gasteiger partial charge in [0.25, 0.3) is 0 Å². The van der Waals surface area contributed by atoms with Gasteiger partial charge in [-0.05, 0) is 31.5 Å². The van der Waals surface area contributed by atoms with E-state index < -0.39 is 5.97 Å². The van der Waals surface area contributed by atoms with E-state index in [2.05, 4.69) is 10.3 Å². The first-order chi connectivity index (χ1) is 10.2. The van der Waals surface area contributed by atoms with Gasteiger partial charge in [0, 0.05) is 24.2 Å². The molecule has 108 valence electrons. The molecule has 1 fully saturated rings. The van der Waals surface area contributed by atoms with Gasteiger partial charge in [-0.3, -0.25) is 4.98 Å². The fourth-order valence-electron chi connectivity index (χ4n) is 2.60. The van der Waals surface area contributed by atoms with Gasteiger partial charge >= 0.3 is 5.97 Å². The Balaban J connectivity index is 1.86. The molecule has 0 radical (unpaired) electrons. The lowest BCUT2D eigenvalue weighted by Crippen LogP contribution is -2.28. The van der Waals surface area contributed by atoms with Gasteiger partial charge in [0.15, 0.2) is 0 Å². The van der Waals surface area contributed by atoms with E-state index in [4.69, 9.17) is 10.1 Å². The second-order valence-electron chi connectivity index (χ2n) is 5.25. The molecule has 0 bridgehead atoms. The van der Waals surface area contributed by atoms with Crippen LogP contribution in [0.25, 0.3) is 11.3 Å².